The van der Waals surface area contributed by atoms with Gasteiger partial charge >= 0.3 is 0 Å². The van der Waals surface area contributed by atoms with Crippen molar-refractivity contribution in [2.24, 2.45) is 5.92 Å². The van der Waals surface area contributed by atoms with Crippen LogP contribution in [0.4, 0.5) is 8.78 Å². The molecule has 3 rings (SSSR count). The maximum Gasteiger partial charge on any atom is 0.141 e. The zero-order chi connectivity index (χ0) is 20.6. The van der Waals surface area contributed by atoms with E-state index in [0.29, 0.717) is 5.92 Å². The zero-order valence-electron chi connectivity index (χ0n) is 17.4. The van der Waals surface area contributed by atoms with Crippen molar-refractivity contribution in [2.45, 2.75) is 77.6 Å². The van der Waals surface area contributed by atoms with Crippen LogP contribution in [0, 0.1) is 28.9 Å². The molecule has 1 atom stereocenters. The van der Waals surface area contributed by atoms with E-state index in [-0.39, 0.29) is 11.4 Å². The highest BCUT2D eigenvalue weighted by Gasteiger charge is 2.21. The Morgan fingerprint density at radius 1 is 0.966 bits per heavy atom. The SMILES string of the molecule is CCCCCCCc1ccc(CCC2CCc3cc(C#N)c(F)cc3C2)c(F)c1. The first-order valence-corrected chi connectivity index (χ1v) is 11.1. The van der Waals surface area contributed by atoms with Gasteiger partial charge in [0, 0.05) is 0 Å². The van der Waals surface area contributed by atoms with Crippen molar-refractivity contribution < 1.29 is 8.78 Å². The van der Waals surface area contributed by atoms with Crippen molar-refractivity contribution in [3.8, 4) is 6.07 Å². The van der Waals surface area contributed by atoms with Crippen molar-refractivity contribution >= 4 is 0 Å². The lowest BCUT2D eigenvalue weighted by molar-refractivity contribution is 0.422. The highest BCUT2D eigenvalue weighted by atomic mass is 19.1. The van der Waals surface area contributed by atoms with Crippen LogP contribution in [-0.4, -0.2) is 0 Å². The monoisotopic (exact) mass is 395 g/mol. The standard InChI is InChI=1S/C26H31F2N/c1-2-3-4-5-6-7-19-8-11-21(25(27)15-19)12-9-20-10-13-22-16-24(18-29)26(28)17-23(22)14-20/h8,11,15-17,20H,2-7,9-10,12-14H2,1H3. The van der Waals surface area contributed by atoms with E-state index in [9.17, 15) is 8.78 Å². The van der Waals surface area contributed by atoms with Gasteiger partial charge in [-0.2, -0.15) is 5.26 Å². The lowest BCUT2D eigenvalue weighted by atomic mass is 9.80. The van der Waals surface area contributed by atoms with Gasteiger partial charge in [0.15, 0.2) is 0 Å². The van der Waals surface area contributed by atoms with Gasteiger partial charge in [0.2, 0.25) is 0 Å². The summed E-state index contributed by atoms with van der Waals surface area (Å²) in [4.78, 5) is 0. The van der Waals surface area contributed by atoms with E-state index >= 15 is 0 Å². The predicted molar refractivity (Wildman–Crippen MR) is 114 cm³/mol. The first kappa shape index (κ1) is 21.5. The predicted octanol–water partition coefficient (Wildman–Crippen LogP) is 7.09. The van der Waals surface area contributed by atoms with E-state index in [1.165, 1.54) is 31.7 Å². The van der Waals surface area contributed by atoms with Crippen LogP contribution in [0.3, 0.4) is 0 Å². The maximum atomic E-state index is 14.5. The van der Waals surface area contributed by atoms with Gasteiger partial charge in [-0.1, -0.05) is 44.7 Å². The number of halogens is 2. The summed E-state index contributed by atoms with van der Waals surface area (Å²) in [6, 6.07) is 10.9. The van der Waals surface area contributed by atoms with Crippen LogP contribution >= 0.6 is 0 Å². The Hall–Kier alpha value is -2.21. The zero-order valence-corrected chi connectivity index (χ0v) is 17.4. The van der Waals surface area contributed by atoms with Gasteiger partial charge in [-0.05, 0) is 91.3 Å². The smallest absolute Gasteiger partial charge is 0.141 e. The molecule has 0 radical (unpaired) electrons. The van der Waals surface area contributed by atoms with Gasteiger partial charge in [-0.15, -0.1) is 0 Å². The molecular weight excluding hydrogens is 364 g/mol. The molecule has 154 valence electrons. The molecule has 1 aliphatic rings. The third-order valence-electron chi connectivity index (χ3n) is 6.25. The largest absolute Gasteiger partial charge is 0.207 e. The Labute approximate surface area is 173 Å². The number of fused-ring (bicyclic) bond motifs is 1. The molecule has 29 heavy (non-hydrogen) atoms. The summed E-state index contributed by atoms with van der Waals surface area (Å²) < 4.78 is 28.5. The number of rotatable bonds is 9. The van der Waals surface area contributed by atoms with E-state index in [0.717, 1.165) is 67.2 Å². The fraction of sp³-hybridized carbons (Fsp3) is 0.500. The van der Waals surface area contributed by atoms with Gasteiger partial charge in [-0.3, -0.25) is 0 Å². The van der Waals surface area contributed by atoms with Crippen LogP contribution in [0.1, 0.15) is 79.7 Å². The minimum atomic E-state index is -0.428. The van der Waals surface area contributed by atoms with Crippen molar-refractivity contribution in [1.82, 2.24) is 0 Å². The van der Waals surface area contributed by atoms with Gasteiger partial charge in [0.25, 0.3) is 0 Å². The number of nitrogens with zero attached hydrogens (tertiary/aromatic N) is 1. The molecule has 2 aromatic carbocycles. The fourth-order valence-corrected chi connectivity index (χ4v) is 4.43. The van der Waals surface area contributed by atoms with Crippen LogP contribution < -0.4 is 0 Å². The molecule has 0 bridgehead atoms. The van der Waals surface area contributed by atoms with E-state index in [2.05, 4.69) is 13.0 Å². The highest BCUT2D eigenvalue weighted by Crippen LogP contribution is 2.30. The summed E-state index contributed by atoms with van der Waals surface area (Å²) in [7, 11) is 0. The van der Waals surface area contributed by atoms with Crippen LogP contribution in [-0.2, 0) is 25.7 Å². The molecule has 1 nitrogen and oxygen atoms in total. The molecule has 0 spiro atoms. The average molecular weight is 396 g/mol. The molecule has 0 aliphatic heterocycles. The fourth-order valence-electron chi connectivity index (χ4n) is 4.43. The lowest BCUT2D eigenvalue weighted by Gasteiger charge is -2.25. The van der Waals surface area contributed by atoms with E-state index < -0.39 is 5.82 Å². The van der Waals surface area contributed by atoms with Gasteiger partial charge in [-0.25, -0.2) is 8.78 Å². The average Bonchev–Trinajstić information content (AvgIpc) is 2.72. The summed E-state index contributed by atoms with van der Waals surface area (Å²) in [5, 5.41) is 8.98. The molecule has 0 aromatic heterocycles. The molecule has 3 heteroatoms. The lowest BCUT2D eigenvalue weighted by Crippen LogP contribution is -2.16. The van der Waals surface area contributed by atoms with E-state index in [1.54, 1.807) is 12.1 Å². The maximum absolute atomic E-state index is 14.5. The third kappa shape index (κ3) is 5.89. The summed E-state index contributed by atoms with van der Waals surface area (Å²) in [5.74, 6) is -0.0762. The van der Waals surface area contributed by atoms with Gasteiger partial charge in [0.1, 0.15) is 17.7 Å². The Balaban J connectivity index is 1.51. The van der Waals surface area contributed by atoms with Crippen molar-refractivity contribution in [1.29, 1.82) is 5.26 Å². The summed E-state index contributed by atoms with van der Waals surface area (Å²) in [5.41, 5.74) is 4.12. The Morgan fingerprint density at radius 2 is 1.79 bits per heavy atom. The number of unbranched alkanes of at least 4 members (excludes halogenated alkanes) is 4. The minimum absolute atomic E-state index is 0.0861. The van der Waals surface area contributed by atoms with Crippen molar-refractivity contribution in [2.75, 3.05) is 0 Å². The Kier molecular flexibility index (Phi) is 7.81. The third-order valence-corrected chi connectivity index (χ3v) is 6.25. The normalized spacial score (nSPS) is 15.7. The number of nitriles is 1. The van der Waals surface area contributed by atoms with Crippen LogP contribution in [0.5, 0.6) is 0 Å². The first-order valence-electron chi connectivity index (χ1n) is 11.1. The van der Waals surface area contributed by atoms with Crippen LogP contribution in [0.2, 0.25) is 0 Å². The molecule has 0 N–H and O–H groups in total. The molecule has 1 aliphatic carbocycles. The molecule has 0 saturated heterocycles. The topological polar surface area (TPSA) is 23.8 Å². The highest BCUT2D eigenvalue weighted by molar-refractivity contribution is 5.41. The molecule has 2 aromatic rings. The van der Waals surface area contributed by atoms with Crippen molar-refractivity contribution in [3.63, 3.8) is 0 Å². The second-order valence-corrected chi connectivity index (χ2v) is 8.45. The van der Waals surface area contributed by atoms with E-state index in [1.807, 2.05) is 12.1 Å². The first-order chi connectivity index (χ1) is 14.1. The van der Waals surface area contributed by atoms with Crippen LogP contribution in [0.15, 0.2) is 30.3 Å². The second kappa shape index (κ2) is 10.5. The molecule has 0 heterocycles. The molecule has 0 amide bonds. The summed E-state index contributed by atoms with van der Waals surface area (Å²) in [6.45, 7) is 2.21. The van der Waals surface area contributed by atoms with Gasteiger partial charge in [0.05, 0.1) is 5.56 Å². The van der Waals surface area contributed by atoms with Crippen molar-refractivity contribution in [3.05, 3.63) is 69.8 Å². The molecular formula is C26H31F2N. The summed E-state index contributed by atoms with van der Waals surface area (Å²) >= 11 is 0. The minimum Gasteiger partial charge on any atom is -0.207 e. The second-order valence-electron chi connectivity index (χ2n) is 8.45. The van der Waals surface area contributed by atoms with E-state index in [4.69, 9.17) is 5.26 Å². The van der Waals surface area contributed by atoms with Crippen LogP contribution in [0.25, 0.3) is 0 Å². The molecule has 1 unspecified atom stereocenters. The van der Waals surface area contributed by atoms with Gasteiger partial charge < -0.3 is 0 Å². The molecule has 0 saturated carbocycles. The Bertz CT molecular complexity index is 866. The quantitative estimate of drug-likeness (QED) is 0.416. The Morgan fingerprint density at radius 3 is 2.55 bits per heavy atom. The summed E-state index contributed by atoms with van der Waals surface area (Å²) in [6.07, 6.45) is 11.4. The number of aryl methyl sites for hydroxylation is 3. The number of hydrogen-bond acceptors (Lipinski definition) is 1. The number of hydrogen-bond donors (Lipinski definition) is 0. The number of benzene rings is 2. The molecule has 0 fully saturated rings.